The molecule has 0 fully saturated rings. The van der Waals surface area contributed by atoms with Gasteiger partial charge >= 0.3 is 20.1 Å². The second-order valence-corrected chi connectivity index (χ2v) is 9.30. The molecule has 3 aromatic carbocycles. The summed E-state index contributed by atoms with van der Waals surface area (Å²) < 4.78 is 245. The quantitative estimate of drug-likeness (QED) is 0.131. The van der Waals surface area contributed by atoms with Gasteiger partial charge in [0.15, 0.2) is 0 Å². The molecule has 0 aliphatic carbocycles. The molecule has 258 valence electrons. The van der Waals surface area contributed by atoms with Crippen LogP contribution in [0.1, 0.15) is 28.8 Å². The van der Waals surface area contributed by atoms with Crippen molar-refractivity contribution in [3.8, 4) is 33.8 Å². The summed E-state index contributed by atoms with van der Waals surface area (Å²) in [5.74, 6) is -8.36. The third kappa shape index (κ3) is 7.80. The molecule has 0 spiro atoms. The van der Waals surface area contributed by atoms with Crippen molar-refractivity contribution >= 4 is 16.6 Å². The predicted molar refractivity (Wildman–Crippen MR) is 178 cm³/mol. The van der Waals surface area contributed by atoms with Crippen molar-refractivity contribution < 1.29 is 75.2 Å². The van der Waals surface area contributed by atoms with E-state index in [1.165, 1.54) is 0 Å². The Kier molecular flexibility index (Phi) is 5.33. The van der Waals surface area contributed by atoms with Crippen LogP contribution in [-0.4, -0.2) is 28.8 Å². The molecule has 52 heavy (non-hydrogen) atoms. The fourth-order valence-electron chi connectivity index (χ4n) is 3.94. The molecule has 0 aliphatic rings. The monoisotopic (exact) mass is 901 g/mol. The minimum absolute atomic E-state index is 0. The van der Waals surface area contributed by atoms with Gasteiger partial charge < -0.3 is 0 Å². The molecule has 0 atom stereocenters. The van der Waals surface area contributed by atoms with Gasteiger partial charge in [-0.2, -0.15) is 0 Å². The molecule has 9 aromatic rings. The molecule has 0 aliphatic heterocycles. The number of rotatable bonds is 3. The van der Waals surface area contributed by atoms with Gasteiger partial charge in [-0.15, -0.1) is 36.3 Å². The normalized spacial score (nSPS) is 16.4. The third-order valence-corrected chi connectivity index (χ3v) is 6.08. The average molecular weight is 901 g/mol. The molecule has 6 nitrogen and oxygen atoms in total. The van der Waals surface area contributed by atoms with Gasteiger partial charge in [0.1, 0.15) is 0 Å². The number of pyridine rings is 3. The van der Waals surface area contributed by atoms with Crippen molar-refractivity contribution in [2.45, 2.75) is 0 Å². The number of benzene rings is 3. The van der Waals surface area contributed by atoms with Gasteiger partial charge in [0.05, 0.1) is 37.1 Å². The fourth-order valence-corrected chi connectivity index (χ4v) is 3.94. The Labute approximate surface area is 335 Å². The van der Waals surface area contributed by atoms with Crippen molar-refractivity contribution in [1.82, 2.24) is 28.8 Å². The van der Waals surface area contributed by atoms with Crippen LogP contribution < -0.4 is 0 Å². The van der Waals surface area contributed by atoms with Crippen LogP contribution in [0.5, 0.6) is 0 Å². The SMILES string of the molecule is [2H]c1[c-]c(-c2nn3c([2H])c([2H])c([2H])c([2H])c3c2[2H])c(F)c([2H])c1F.[2H]c1[c-]c(-c2nn3c([2H])c([2H])c([2H])c([2H])c3c2[2H])c(F)c([2H])c1F.[2H]c1[c-]c(-c2nn3c([2H])c([2H])c([2H])c([2H])c3c2[2H])c(F)c([2H])c1F.[Ir+3]. The summed E-state index contributed by atoms with van der Waals surface area (Å²) in [5.41, 5.74) is -4.11. The Morgan fingerprint density at radius 2 is 0.731 bits per heavy atom. The van der Waals surface area contributed by atoms with Crippen LogP contribution in [0.3, 0.4) is 0 Å². The number of aromatic nitrogens is 6. The van der Waals surface area contributed by atoms with Crippen molar-refractivity contribution in [2.24, 2.45) is 0 Å². The van der Waals surface area contributed by atoms with Crippen LogP contribution in [0.2, 0.25) is 0 Å². The zero-order chi connectivity index (χ0) is 53.8. The van der Waals surface area contributed by atoms with Crippen LogP contribution in [0.15, 0.2) is 127 Å². The van der Waals surface area contributed by atoms with E-state index in [2.05, 4.69) is 33.5 Å². The van der Waals surface area contributed by atoms with Crippen LogP contribution in [0, 0.1) is 53.1 Å². The smallest absolute Gasteiger partial charge is 0.265 e. The van der Waals surface area contributed by atoms with E-state index in [0.29, 0.717) is 0 Å². The van der Waals surface area contributed by atoms with Gasteiger partial charge in [0.25, 0.3) is 0 Å². The molecule has 6 heterocycles. The summed E-state index contributed by atoms with van der Waals surface area (Å²) in [6, 6.07) is -6.78. The van der Waals surface area contributed by atoms with E-state index in [1.54, 1.807) is 0 Å². The summed E-state index contributed by atoms with van der Waals surface area (Å²) in [5, 5.41) is 11.3. The number of hydrogen-bond donors (Lipinski definition) is 0. The summed E-state index contributed by atoms with van der Waals surface area (Å²) in [4.78, 5) is 0. The summed E-state index contributed by atoms with van der Waals surface area (Å²) in [6.45, 7) is 0. The Balaban J connectivity index is 0.000000177. The van der Waals surface area contributed by atoms with E-state index < -0.39 is 196 Å². The van der Waals surface area contributed by atoms with Gasteiger partial charge in [-0.05, 0) is 36.3 Å². The first-order valence-corrected chi connectivity index (χ1v) is 13.5. The van der Waals surface area contributed by atoms with Crippen LogP contribution in [0.25, 0.3) is 50.3 Å². The number of halogens is 6. The molecule has 0 saturated heterocycles. The van der Waals surface area contributed by atoms with Gasteiger partial charge in [-0.25, -0.2) is 15.3 Å². The molecule has 0 bridgehead atoms. The molecule has 0 unspecified atom stereocenters. The molecule has 0 radical (unpaired) electrons. The van der Waals surface area contributed by atoms with Crippen LogP contribution in [-0.2, 0) is 20.1 Å². The second-order valence-electron chi connectivity index (χ2n) is 9.30. The summed E-state index contributed by atoms with van der Waals surface area (Å²) in [7, 11) is 0. The Morgan fingerprint density at radius 1 is 0.442 bits per heavy atom. The first-order valence-electron chi connectivity index (χ1n) is 24.0. The van der Waals surface area contributed by atoms with Crippen LogP contribution >= 0.6 is 0 Å². The number of fused-ring (bicyclic) bond motifs is 3. The molecule has 13 heteroatoms. The zero-order valence-electron chi connectivity index (χ0n) is 45.8. The van der Waals surface area contributed by atoms with E-state index in [9.17, 15) is 26.3 Å². The Hall–Kier alpha value is -6.04. The van der Waals surface area contributed by atoms with E-state index in [1.807, 2.05) is 0 Å². The minimum Gasteiger partial charge on any atom is -0.265 e. The molecule has 6 aromatic heterocycles. The average Bonchev–Trinajstić information content (AvgIpc) is 4.01. The molecule has 9 rings (SSSR count). The van der Waals surface area contributed by atoms with E-state index in [4.69, 9.17) is 28.8 Å². The van der Waals surface area contributed by atoms with Crippen molar-refractivity contribution in [2.75, 3.05) is 0 Å². The maximum Gasteiger partial charge on any atom is 3.00 e. The van der Waals surface area contributed by atoms with Crippen molar-refractivity contribution in [3.05, 3.63) is 180 Å². The van der Waals surface area contributed by atoms with Gasteiger partial charge in [-0.1, -0.05) is 71.1 Å². The number of nitrogens with zero attached hydrogens (tertiary/aromatic N) is 6. The fraction of sp³-hybridized carbons (Fsp3) is 0. The molecule has 0 N–H and O–H groups in total. The first kappa shape index (κ1) is 17.9. The maximum absolute atomic E-state index is 14.2. The van der Waals surface area contributed by atoms with Gasteiger partial charge in [-0.3, -0.25) is 39.9 Å². The minimum atomic E-state index is -1.41. The number of hydrogen-bond acceptors (Lipinski definition) is 3. The van der Waals surface area contributed by atoms with E-state index in [0.717, 1.165) is 13.5 Å². The van der Waals surface area contributed by atoms with E-state index >= 15 is 0 Å². The standard InChI is InChI=1S/3C13H7F2N2.Ir/c3*14-9-4-5-11(12(15)7-9)13-8-10-3-1-2-6-17(10)16-13;/h3*1-4,6-8H;/q3*-1;+3/i3*1D,2D,3D,4D,6D,7D,8D;. The predicted octanol–water partition coefficient (Wildman–Crippen LogP) is 9.24. The van der Waals surface area contributed by atoms with Crippen LogP contribution in [0.4, 0.5) is 26.3 Å². The Bertz CT molecular complexity index is 3440. The van der Waals surface area contributed by atoms with E-state index in [-0.39, 0.29) is 36.7 Å². The second kappa shape index (κ2) is 15.5. The van der Waals surface area contributed by atoms with Crippen molar-refractivity contribution in [3.63, 3.8) is 0 Å². The Morgan fingerprint density at radius 3 is 1.02 bits per heavy atom. The van der Waals surface area contributed by atoms with Crippen molar-refractivity contribution in [1.29, 1.82) is 0 Å². The molecule has 0 saturated carbocycles. The molecule has 0 amide bonds. The van der Waals surface area contributed by atoms with Gasteiger partial charge in [0.2, 0.25) is 0 Å². The maximum atomic E-state index is 14.2. The molecular weight excluding hydrogens is 859 g/mol. The largest absolute Gasteiger partial charge is 3.00 e. The topological polar surface area (TPSA) is 51.9 Å². The zero-order valence-corrected chi connectivity index (χ0v) is 27.2. The van der Waals surface area contributed by atoms with Gasteiger partial charge in [0, 0.05) is 78.7 Å². The summed E-state index contributed by atoms with van der Waals surface area (Å²) in [6.07, 6.45) is -1.73. The third-order valence-electron chi connectivity index (χ3n) is 6.08. The summed E-state index contributed by atoms with van der Waals surface area (Å²) >= 11 is 0. The molecular formula is C39H21F6IrN6. The first-order chi connectivity index (χ1) is 33.5.